The first kappa shape index (κ1) is 20.0. The van der Waals surface area contributed by atoms with Gasteiger partial charge in [0, 0.05) is 18.3 Å². The lowest BCUT2D eigenvalue weighted by Gasteiger charge is -2.33. The summed E-state index contributed by atoms with van der Waals surface area (Å²) in [6.07, 6.45) is 2.80. The second-order valence-corrected chi connectivity index (χ2v) is 7.09. The molecule has 0 aliphatic carbocycles. The van der Waals surface area contributed by atoms with Gasteiger partial charge in [0.05, 0.1) is 11.7 Å². The predicted molar refractivity (Wildman–Crippen MR) is 96.1 cm³/mol. The van der Waals surface area contributed by atoms with Crippen molar-refractivity contribution in [2.24, 2.45) is 0 Å². The molecular weight excluding hydrogens is 336 g/mol. The highest BCUT2D eigenvalue weighted by molar-refractivity contribution is 5.99. The Morgan fingerprint density at radius 3 is 2.50 bits per heavy atom. The normalized spacial score (nSPS) is 17.3. The quantitative estimate of drug-likeness (QED) is 0.812. The number of nitrogens with zero attached hydrogens (tertiary/aromatic N) is 1. The van der Waals surface area contributed by atoms with Gasteiger partial charge >= 0.3 is 11.9 Å². The number of hydrogen-bond acceptors (Lipinski definition) is 5. The molecule has 0 bridgehead atoms. The van der Waals surface area contributed by atoms with Gasteiger partial charge < -0.3 is 19.4 Å². The number of nitrogens with one attached hydrogen (secondary N) is 1. The molecule has 7 nitrogen and oxygen atoms in total. The SMILES string of the molecule is Cc1[nH]c(C(=O)OCC(=O)N2CCCC[C@H]2C)c(C)c1C(=O)OC(C)C. The molecule has 1 amide bonds. The number of aromatic nitrogens is 1. The maximum absolute atomic E-state index is 12.4. The minimum atomic E-state index is -0.646. The Morgan fingerprint density at radius 2 is 1.88 bits per heavy atom. The van der Waals surface area contributed by atoms with Gasteiger partial charge in [0.2, 0.25) is 0 Å². The first-order chi connectivity index (χ1) is 12.2. The molecule has 2 heterocycles. The van der Waals surface area contributed by atoms with Crippen molar-refractivity contribution < 1.29 is 23.9 Å². The highest BCUT2D eigenvalue weighted by Gasteiger charge is 2.27. The van der Waals surface area contributed by atoms with E-state index in [0.717, 1.165) is 19.3 Å². The number of rotatable bonds is 5. The lowest BCUT2D eigenvalue weighted by Crippen LogP contribution is -2.44. The third-order valence-corrected chi connectivity index (χ3v) is 4.64. The van der Waals surface area contributed by atoms with E-state index in [0.29, 0.717) is 23.4 Å². The zero-order chi connectivity index (χ0) is 19.4. The van der Waals surface area contributed by atoms with Crippen LogP contribution in [-0.4, -0.2) is 53.0 Å². The predicted octanol–water partition coefficient (Wildman–Crippen LogP) is 2.75. The van der Waals surface area contributed by atoms with Gasteiger partial charge in [0.1, 0.15) is 5.69 Å². The number of carbonyl (C=O) groups is 3. The third kappa shape index (κ3) is 4.45. The van der Waals surface area contributed by atoms with Crippen LogP contribution >= 0.6 is 0 Å². The number of carbonyl (C=O) groups excluding carboxylic acids is 3. The molecule has 1 aromatic heterocycles. The van der Waals surface area contributed by atoms with E-state index in [1.165, 1.54) is 0 Å². The fraction of sp³-hybridized carbons (Fsp3) is 0.632. The minimum absolute atomic E-state index is 0.168. The molecule has 0 radical (unpaired) electrons. The number of aryl methyl sites for hydroxylation is 1. The van der Waals surface area contributed by atoms with E-state index in [1.54, 1.807) is 32.6 Å². The van der Waals surface area contributed by atoms with E-state index in [2.05, 4.69) is 4.98 Å². The van der Waals surface area contributed by atoms with Crippen molar-refractivity contribution in [2.75, 3.05) is 13.2 Å². The lowest BCUT2D eigenvalue weighted by molar-refractivity contribution is -0.137. The van der Waals surface area contributed by atoms with Crippen LogP contribution in [0.25, 0.3) is 0 Å². The molecule has 1 aliphatic heterocycles. The van der Waals surface area contributed by atoms with Gasteiger partial charge in [-0.25, -0.2) is 9.59 Å². The van der Waals surface area contributed by atoms with Crippen LogP contribution in [0.2, 0.25) is 0 Å². The van der Waals surface area contributed by atoms with Crippen molar-refractivity contribution in [1.82, 2.24) is 9.88 Å². The number of piperidine rings is 1. The number of amides is 1. The topological polar surface area (TPSA) is 88.7 Å². The van der Waals surface area contributed by atoms with Crippen LogP contribution in [0.1, 0.15) is 72.1 Å². The summed E-state index contributed by atoms with van der Waals surface area (Å²) in [5, 5.41) is 0. The number of H-pyrrole nitrogens is 1. The van der Waals surface area contributed by atoms with Crippen LogP contribution in [0.5, 0.6) is 0 Å². The van der Waals surface area contributed by atoms with Crippen LogP contribution < -0.4 is 0 Å². The van der Waals surface area contributed by atoms with Crippen molar-refractivity contribution in [2.45, 2.75) is 66.0 Å². The Labute approximate surface area is 154 Å². The zero-order valence-electron chi connectivity index (χ0n) is 16.2. The molecule has 1 N–H and O–H groups in total. The number of aromatic amines is 1. The van der Waals surface area contributed by atoms with Gasteiger partial charge in [-0.05, 0) is 59.4 Å². The Morgan fingerprint density at radius 1 is 1.19 bits per heavy atom. The molecule has 0 saturated carbocycles. The standard InChI is InChI=1S/C19H28N2O5/c1-11(2)26-18(23)16-13(4)17(20-14(16)5)19(24)25-10-15(22)21-9-7-6-8-12(21)3/h11-12,20H,6-10H2,1-5H3/t12-/m1/s1. The van der Waals surface area contributed by atoms with Gasteiger partial charge in [-0.1, -0.05) is 0 Å². The highest BCUT2D eigenvalue weighted by atomic mass is 16.5. The highest BCUT2D eigenvalue weighted by Crippen LogP contribution is 2.21. The molecule has 0 aromatic carbocycles. The summed E-state index contributed by atoms with van der Waals surface area (Å²) in [6, 6.07) is 0.168. The van der Waals surface area contributed by atoms with Crippen molar-refractivity contribution in [3.63, 3.8) is 0 Å². The van der Waals surface area contributed by atoms with Gasteiger partial charge in [-0.3, -0.25) is 4.79 Å². The van der Waals surface area contributed by atoms with E-state index in [4.69, 9.17) is 9.47 Å². The molecule has 26 heavy (non-hydrogen) atoms. The molecule has 2 rings (SSSR count). The van der Waals surface area contributed by atoms with Crippen molar-refractivity contribution in [1.29, 1.82) is 0 Å². The zero-order valence-corrected chi connectivity index (χ0v) is 16.2. The van der Waals surface area contributed by atoms with Gasteiger partial charge in [0.25, 0.3) is 5.91 Å². The summed E-state index contributed by atoms with van der Waals surface area (Å²) >= 11 is 0. The fourth-order valence-corrected chi connectivity index (χ4v) is 3.28. The second-order valence-electron chi connectivity index (χ2n) is 7.09. The lowest BCUT2D eigenvalue weighted by atomic mass is 10.0. The molecule has 1 fully saturated rings. The van der Waals surface area contributed by atoms with E-state index in [9.17, 15) is 14.4 Å². The van der Waals surface area contributed by atoms with E-state index in [-0.39, 0.29) is 30.4 Å². The summed E-state index contributed by atoms with van der Waals surface area (Å²) in [7, 11) is 0. The summed E-state index contributed by atoms with van der Waals surface area (Å²) in [6.45, 7) is 9.28. The summed E-state index contributed by atoms with van der Waals surface area (Å²) in [4.78, 5) is 41.5. The Hall–Kier alpha value is -2.31. The average molecular weight is 364 g/mol. The van der Waals surface area contributed by atoms with Crippen molar-refractivity contribution in [3.8, 4) is 0 Å². The molecule has 1 aliphatic rings. The second kappa shape index (κ2) is 8.38. The van der Waals surface area contributed by atoms with Crippen molar-refractivity contribution in [3.05, 3.63) is 22.5 Å². The minimum Gasteiger partial charge on any atom is -0.459 e. The van der Waals surface area contributed by atoms with E-state index >= 15 is 0 Å². The first-order valence-electron chi connectivity index (χ1n) is 9.09. The number of ether oxygens (including phenoxy) is 2. The number of likely N-dealkylation sites (tertiary alicyclic amines) is 1. The maximum atomic E-state index is 12.4. The molecule has 0 spiro atoms. The molecule has 1 atom stereocenters. The molecule has 144 valence electrons. The largest absolute Gasteiger partial charge is 0.459 e. The third-order valence-electron chi connectivity index (χ3n) is 4.64. The van der Waals surface area contributed by atoms with Crippen LogP contribution in [0.3, 0.4) is 0 Å². The molecule has 7 heteroatoms. The molecule has 0 unspecified atom stereocenters. The number of esters is 2. The smallest absolute Gasteiger partial charge is 0.355 e. The molecule has 1 saturated heterocycles. The van der Waals surface area contributed by atoms with Crippen LogP contribution in [0, 0.1) is 13.8 Å². The maximum Gasteiger partial charge on any atom is 0.355 e. The Kier molecular flexibility index (Phi) is 6.45. The van der Waals surface area contributed by atoms with E-state index in [1.807, 2.05) is 6.92 Å². The van der Waals surface area contributed by atoms with Gasteiger partial charge in [0.15, 0.2) is 6.61 Å². The molecule has 1 aromatic rings. The van der Waals surface area contributed by atoms with Crippen LogP contribution in [0.15, 0.2) is 0 Å². The summed E-state index contributed by atoms with van der Waals surface area (Å²) in [5.74, 6) is -1.32. The average Bonchev–Trinajstić information content (AvgIpc) is 2.86. The summed E-state index contributed by atoms with van der Waals surface area (Å²) in [5.41, 5.74) is 1.52. The Bertz CT molecular complexity index is 692. The Balaban J connectivity index is 2.03. The van der Waals surface area contributed by atoms with Gasteiger partial charge in [-0.2, -0.15) is 0 Å². The first-order valence-corrected chi connectivity index (χ1v) is 9.09. The van der Waals surface area contributed by atoms with E-state index < -0.39 is 11.9 Å². The fourth-order valence-electron chi connectivity index (χ4n) is 3.28. The monoisotopic (exact) mass is 364 g/mol. The summed E-state index contributed by atoms with van der Waals surface area (Å²) < 4.78 is 10.4. The van der Waals surface area contributed by atoms with Crippen LogP contribution in [0.4, 0.5) is 0 Å². The number of hydrogen-bond donors (Lipinski definition) is 1. The van der Waals surface area contributed by atoms with Crippen LogP contribution in [-0.2, 0) is 14.3 Å². The van der Waals surface area contributed by atoms with Crippen molar-refractivity contribution >= 4 is 17.8 Å². The van der Waals surface area contributed by atoms with Gasteiger partial charge in [-0.15, -0.1) is 0 Å². The molecular formula is C19H28N2O5.